The summed E-state index contributed by atoms with van der Waals surface area (Å²) >= 11 is 8.38. The second kappa shape index (κ2) is 5.04. The Kier molecular flexibility index (Phi) is 3.28. The lowest BCUT2D eigenvalue weighted by atomic mass is 9.97. The summed E-state index contributed by atoms with van der Waals surface area (Å²) in [5.74, 6) is 0.0991. The number of aryl methyl sites for hydroxylation is 2. The van der Waals surface area contributed by atoms with Gasteiger partial charge in [-0.2, -0.15) is 0 Å². The van der Waals surface area contributed by atoms with E-state index >= 15 is 0 Å². The summed E-state index contributed by atoms with van der Waals surface area (Å²) in [6, 6.07) is 12.3. The molecule has 4 heteroatoms. The van der Waals surface area contributed by atoms with Crippen molar-refractivity contribution in [3.8, 4) is 0 Å². The SMILES string of the molecule is O=C(c1cc(Br)c(Br)s1)c1ccc2c3c(cccc13)CC2. The summed E-state index contributed by atoms with van der Waals surface area (Å²) in [5.41, 5.74) is 3.54. The van der Waals surface area contributed by atoms with Crippen LogP contribution in [0.1, 0.15) is 26.4 Å². The predicted molar refractivity (Wildman–Crippen MR) is 94.5 cm³/mol. The molecule has 104 valence electrons. The average molecular weight is 422 g/mol. The number of halogens is 2. The Morgan fingerprint density at radius 3 is 2.52 bits per heavy atom. The van der Waals surface area contributed by atoms with Gasteiger partial charge in [0.2, 0.25) is 5.78 Å². The van der Waals surface area contributed by atoms with Crippen LogP contribution in [0.15, 0.2) is 44.7 Å². The highest BCUT2D eigenvalue weighted by molar-refractivity contribution is 9.13. The number of hydrogen-bond donors (Lipinski definition) is 0. The number of thiophene rings is 1. The maximum atomic E-state index is 12.8. The molecule has 1 aliphatic rings. The van der Waals surface area contributed by atoms with Crippen molar-refractivity contribution in [2.75, 3.05) is 0 Å². The number of carbonyl (C=O) groups is 1. The van der Waals surface area contributed by atoms with E-state index in [4.69, 9.17) is 0 Å². The third-order valence-corrected chi connectivity index (χ3v) is 7.25. The largest absolute Gasteiger partial charge is 0.288 e. The van der Waals surface area contributed by atoms with Crippen molar-refractivity contribution in [1.29, 1.82) is 0 Å². The molecule has 2 aromatic carbocycles. The van der Waals surface area contributed by atoms with Crippen molar-refractivity contribution in [2.24, 2.45) is 0 Å². The minimum Gasteiger partial charge on any atom is -0.288 e. The maximum Gasteiger partial charge on any atom is 0.203 e. The molecule has 1 aliphatic carbocycles. The fourth-order valence-corrected chi connectivity index (χ4v) is 5.03. The average Bonchev–Trinajstić information content (AvgIpc) is 3.05. The quantitative estimate of drug-likeness (QED) is 0.481. The molecule has 4 rings (SSSR count). The van der Waals surface area contributed by atoms with Crippen LogP contribution >= 0.6 is 43.2 Å². The van der Waals surface area contributed by atoms with E-state index < -0.39 is 0 Å². The van der Waals surface area contributed by atoms with Gasteiger partial charge < -0.3 is 0 Å². The first-order valence-corrected chi connectivity index (χ1v) is 9.08. The topological polar surface area (TPSA) is 17.1 Å². The van der Waals surface area contributed by atoms with Gasteiger partial charge in [0, 0.05) is 10.0 Å². The van der Waals surface area contributed by atoms with Crippen LogP contribution in [-0.2, 0) is 12.8 Å². The van der Waals surface area contributed by atoms with Crippen LogP contribution in [0, 0.1) is 0 Å². The predicted octanol–water partition coefficient (Wildman–Crippen LogP) is 5.76. The minimum atomic E-state index is 0.0991. The fourth-order valence-electron chi connectivity index (χ4n) is 3.04. The van der Waals surface area contributed by atoms with Crippen molar-refractivity contribution >= 4 is 59.8 Å². The normalized spacial score (nSPS) is 13.0. The third kappa shape index (κ3) is 2.12. The molecular weight excluding hydrogens is 412 g/mol. The second-order valence-corrected chi connectivity index (χ2v) is 8.40. The standard InChI is InChI=1S/C17H10Br2OS/c18-13-8-14(21-17(13)19)16(20)12-7-6-10-5-4-9-2-1-3-11(12)15(9)10/h1-3,6-8H,4-5H2. The molecule has 0 bridgehead atoms. The number of carbonyl (C=O) groups excluding carboxylic acids is 1. The van der Waals surface area contributed by atoms with Gasteiger partial charge in [-0.05, 0) is 72.7 Å². The van der Waals surface area contributed by atoms with Gasteiger partial charge in [0.05, 0.1) is 8.66 Å². The molecule has 0 saturated carbocycles. The van der Waals surface area contributed by atoms with Crippen LogP contribution < -0.4 is 0 Å². The van der Waals surface area contributed by atoms with Crippen molar-refractivity contribution < 1.29 is 4.79 Å². The van der Waals surface area contributed by atoms with E-state index in [9.17, 15) is 4.79 Å². The Bertz CT molecular complexity index is 865. The van der Waals surface area contributed by atoms with Gasteiger partial charge in [-0.1, -0.05) is 30.3 Å². The summed E-state index contributed by atoms with van der Waals surface area (Å²) in [6.07, 6.45) is 2.17. The van der Waals surface area contributed by atoms with Gasteiger partial charge in [-0.15, -0.1) is 11.3 Å². The van der Waals surface area contributed by atoms with Gasteiger partial charge in [-0.3, -0.25) is 4.79 Å². The van der Waals surface area contributed by atoms with E-state index in [0.29, 0.717) is 0 Å². The van der Waals surface area contributed by atoms with Crippen LogP contribution in [0.25, 0.3) is 10.8 Å². The van der Waals surface area contributed by atoms with Crippen molar-refractivity contribution in [1.82, 2.24) is 0 Å². The lowest BCUT2D eigenvalue weighted by molar-refractivity contribution is 0.104. The summed E-state index contributed by atoms with van der Waals surface area (Å²) in [4.78, 5) is 13.6. The van der Waals surface area contributed by atoms with E-state index in [1.165, 1.54) is 27.8 Å². The molecule has 0 radical (unpaired) electrons. The number of ketones is 1. The first-order chi connectivity index (χ1) is 10.1. The van der Waals surface area contributed by atoms with Crippen LogP contribution in [0.2, 0.25) is 0 Å². The van der Waals surface area contributed by atoms with Crippen LogP contribution in [0.5, 0.6) is 0 Å². The van der Waals surface area contributed by atoms with Crippen molar-refractivity contribution in [3.63, 3.8) is 0 Å². The summed E-state index contributed by atoms with van der Waals surface area (Å²) in [7, 11) is 0. The molecule has 0 unspecified atom stereocenters. The van der Waals surface area contributed by atoms with Gasteiger partial charge in [-0.25, -0.2) is 0 Å². The zero-order valence-corrected chi connectivity index (χ0v) is 14.9. The van der Waals surface area contributed by atoms with E-state index in [2.05, 4.69) is 56.1 Å². The number of rotatable bonds is 2. The molecule has 0 aliphatic heterocycles. The highest BCUT2D eigenvalue weighted by Gasteiger charge is 2.21. The second-order valence-electron chi connectivity index (χ2n) is 5.17. The Morgan fingerprint density at radius 1 is 1.05 bits per heavy atom. The van der Waals surface area contributed by atoms with Crippen molar-refractivity contribution in [3.05, 3.63) is 66.2 Å². The third-order valence-electron chi connectivity index (χ3n) is 3.99. The van der Waals surface area contributed by atoms with Crippen LogP contribution in [0.3, 0.4) is 0 Å². The van der Waals surface area contributed by atoms with Crippen LogP contribution in [0.4, 0.5) is 0 Å². The molecule has 3 aromatic rings. The summed E-state index contributed by atoms with van der Waals surface area (Å²) < 4.78 is 1.89. The van der Waals surface area contributed by atoms with Gasteiger partial charge >= 0.3 is 0 Å². The molecule has 1 heterocycles. The molecule has 1 aromatic heterocycles. The first-order valence-electron chi connectivity index (χ1n) is 6.68. The molecule has 0 saturated heterocycles. The highest BCUT2D eigenvalue weighted by Crippen LogP contribution is 2.37. The lowest BCUT2D eigenvalue weighted by Gasteiger charge is -2.07. The van der Waals surface area contributed by atoms with Crippen molar-refractivity contribution in [2.45, 2.75) is 12.8 Å². The molecule has 0 spiro atoms. The molecule has 0 amide bonds. The molecule has 0 fully saturated rings. The smallest absolute Gasteiger partial charge is 0.203 e. The Labute approximate surface area is 143 Å². The molecule has 0 N–H and O–H groups in total. The zero-order valence-electron chi connectivity index (χ0n) is 11.0. The van der Waals surface area contributed by atoms with Gasteiger partial charge in [0.15, 0.2) is 0 Å². The number of benzene rings is 2. The highest BCUT2D eigenvalue weighted by atomic mass is 79.9. The lowest BCUT2D eigenvalue weighted by Crippen LogP contribution is -2.00. The summed E-state index contributed by atoms with van der Waals surface area (Å²) in [6.45, 7) is 0. The molecule has 21 heavy (non-hydrogen) atoms. The van der Waals surface area contributed by atoms with Gasteiger partial charge in [0.1, 0.15) is 0 Å². The maximum absolute atomic E-state index is 12.8. The fraction of sp³-hybridized carbons (Fsp3) is 0.118. The Hall–Kier alpha value is -0.970. The number of hydrogen-bond acceptors (Lipinski definition) is 2. The van der Waals surface area contributed by atoms with Gasteiger partial charge in [0.25, 0.3) is 0 Å². The molecular formula is C17H10Br2OS. The van der Waals surface area contributed by atoms with E-state index in [-0.39, 0.29) is 5.78 Å². The van der Waals surface area contributed by atoms with E-state index in [1.807, 2.05) is 12.1 Å². The van der Waals surface area contributed by atoms with Crippen LogP contribution in [-0.4, -0.2) is 5.78 Å². The zero-order chi connectivity index (χ0) is 14.6. The molecule has 0 atom stereocenters. The van der Waals surface area contributed by atoms with E-state index in [1.54, 1.807) is 0 Å². The monoisotopic (exact) mass is 420 g/mol. The Balaban J connectivity index is 1.93. The first kappa shape index (κ1) is 13.7. The minimum absolute atomic E-state index is 0.0991. The van der Waals surface area contributed by atoms with E-state index in [0.717, 1.165) is 36.9 Å². The summed E-state index contributed by atoms with van der Waals surface area (Å²) in [5, 5.41) is 2.38. The Morgan fingerprint density at radius 2 is 1.81 bits per heavy atom. The molecule has 1 nitrogen and oxygen atoms in total.